The highest BCUT2D eigenvalue weighted by Gasteiger charge is 2.08. The lowest BCUT2D eigenvalue weighted by Crippen LogP contribution is -2.30. The monoisotopic (exact) mass is 253 g/mol. The highest BCUT2D eigenvalue weighted by atomic mass is 16.5. The highest BCUT2D eigenvalue weighted by Crippen LogP contribution is 2.19. The Morgan fingerprint density at radius 1 is 1.39 bits per heavy atom. The van der Waals surface area contributed by atoms with E-state index in [1.54, 1.807) is 0 Å². The van der Waals surface area contributed by atoms with E-state index in [0.717, 1.165) is 17.9 Å². The van der Waals surface area contributed by atoms with Crippen LogP contribution in [0.2, 0.25) is 0 Å². The zero-order chi connectivity index (χ0) is 13.5. The van der Waals surface area contributed by atoms with E-state index in [1.807, 2.05) is 37.9 Å². The summed E-state index contributed by atoms with van der Waals surface area (Å²) in [7, 11) is 1.92. The van der Waals surface area contributed by atoms with Gasteiger partial charge < -0.3 is 14.9 Å². The van der Waals surface area contributed by atoms with Crippen LogP contribution in [0, 0.1) is 6.92 Å². The summed E-state index contributed by atoms with van der Waals surface area (Å²) in [6.07, 6.45) is -0.682. The van der Waals surface area contributed by atoms with Crippen molar-refractivity contribution in [2.24, 2.45) is 0 Å². The van der Waals surface area contributed by atoms with E-state index in [-0.39, 0.29) is 6.61 Å². The number of rotatable bonds is 7. The second-order valence-electron chi connectivity index (χ2n) is 4.57. The van der Waals surface area contributed by atoms with Crippen molar-refractivity contribution in [3.8, 4) is 5.75 Å². The minimum absolute atomic E-state index is 0.202. The quantitative estimate of drug-likeness (QED) is 0.766. The van der Waals surface area contributed by atoms with Crippen LogP contribution < -0.4 is 4.74 Å². The fraction of sp³-hybridized carbons (Fsp3) is 0.571. The number of hydrogen-bond acceptors (Lipinski definition) is 4. The minimum atomic E-state index is -0.682. The molecule has 1 aromatic rings. The van der Waals surface area contributed by atoms with Crippen molar-refractivity contribution >= 4 is 0 Å². The molecule has 1 aromatic carbocycles. The standard InChI is InChI=1S/C14H23NO3/c1-4-18-14-6-5-12(7-11(14)2)8-15(3)9-13(17)10-16/h5-7,13,16-17H,4,8-10H2,1-3H3. The third-order valence-corrected chi connectivity index (χ3v) is 2.72. The fourth-order valence-corrected chi connectivity index (χ4v) is 1.92. The second-order valence-corrected chi connectivity index (χ2v) is 4.57. The molecule has 0 fully saturated rings. The lowest BCUT2D eigenvalue weighted by atomic mass is 10.1. The zero-order valence-corrected chi connectivity index (χ0v) is 11.4. The van der Waals surface area contributed by atoms with E-state index in [1.165, 1.54) is 5.56 Å². The number of aliphatic hydroxyl groups is 2. The van der Waals surface area contributed by atoms with E-state index in [4.69, 9.17) is 9.84 Å². The number of aliphatic hydroxyl groups excluding tert-OH is 2. The summed E-state index contributed by atoms with van der Waals surface area (Å²) in [5, 5.41) is 18.2. The zero-order valence-electron chi connectivity index (χ0n) is 11.4. The molecule has 0 bridgehead atoms. The molecule has 0 aliphatic heterocycles. The summed E-state index contributed by atoms with van der Waals surface area (Å²) >= 11 is 0. The molecule has 0 aromatic heterocycles. The average Bonchev–Trinajstić information content (AvgIpc) is 2.32. The van der Waals surface area contributed by atoms with Crippen LogP contribution in [0.1, 0.15) is 18.1 Å². The Bertz CT molecular complexity index is 368. The predicted molar refractivity (Wildman–Crippen MR) is 71.8 cm³/mol. The van der Waals surface area contributed by atoms with Gasteiger partial charge in [-0.2, -0.15) is 0 Å². The van der Waals surface area contributed by atoms with Crippen LogP contribution >= 0.6 is 0 Å². The Balaban J connectivity index is 2.59. The molecule has 0 aliphatic rings. The van der Waals surface area contributed by atoms with Crippen molar-refractivity contribution in [3.63, 3.8) is 0 Å². The number of aryl methyl sites for hydroxylation is 1. The Morgan fingerprint density at radius 3 is 2.67 bits per heavy atom. The van der Waals surface area contributed by atoms with Gasteiger partial charge in [-0.3, -0.25) is 4.90 Å². The van der Waals surface area contributed by atoms with Crippen LogP contribution in [0.4, 0.5) is 0 Å². The van der Waals surface area contributed by atoms with Crippen molar-refractivity contribution in [1.82, 2.24) is 4.90 Å². The van der Waals surface area contributed by atoms with Gasteiger partial charge in [0.2, 0.25) is 0 Å². The first-order chi connectivity index (χ1) is 8.56. The highest BCUT2D eigenvalue weighted by molar-refractivity contribution is 5.36. The maximum Gasteiger partial charge on any atom is 0.122 e. The van der Waals surface area contributed by atoms with Gasteiger partial charge >= 0.3 is 0 Å². The van der Waals surface area contributed by atoms with Crippen LogP contribution in [0.5, 0.6) is 5.75 Å². The van der Waals surface area contributed by atoms with Crippen LogP contribution in [0.15, 0.2) is 18.2 Å². The number of ether oxygens (including phenoxy) is 1. The Kier molecular flexibility index (Phi) is 6.12. The van der Waals surface area contributed by atoms with Gasteiger partial charge in [-0.1, -0.05) is 12.1 Å². The van der Waals surface area contributed by atoms with Gasteiger partial charge in [-0.15, -0.1) is 0 Å². The van der Waals surface area contributed by atoms with Crippen LogP contribution in [0.25, 0.3) is 0 Å². The van der Waals surface area contributed by atoms with Crippen LogP contribution in [-0.4, -0.2) is 48.0 Å². The van der Waals surface area contributed by atoms with E-state index < -0.39 is 6.10 Å². The van der Waals surface area contributed by atoms with Gasteiger partial charge in [0.1, 0.15) is 5.75 Å². The van der Waals surface area contributed by atoms with Gasteiger partial charge in [0, 0.05) is 13.1 Å². The molecule has 1 unspecified atom stereocenters. The summed E-state index contributed by atoms with van der Waals surface area (Å²) in [5.74, 6) is 0.916. The third kappa shape index (κ3) is 4.64. The topological polar surface area (TPSA) is 52.9 Å². The van der Waals surface area contributed by atoms with Gasteiger partial charge in [0.05, 0.1) is 19.3 Å². The fourth-order valence-electron chi connectivity index (χ4n) is 1.92. The third-order valence-electron chi connectivity index (χ3n) is 2.72. The maximum absolute atomic E-state index is 9.36. The number of nitrogens with zero attached hydrogens (tertiary/aromatic N) is 1. The van der Waals surface area contributed by atoms with E-state index in [2.05, 4.69) is 6.07 Å². The summed E-state index contributed by atoms with van der Waals surface area (Å²) in [5.41, 5.74) is 2.29. The molecule has 4 nitrogen and oxygen atoms in total. The first kappa shape index (κ1) is 15.0. The van der Waals surface area contributed by atoms with Gasteiger partial charge in [0.15, 0.2) is 0 Å². The summed E-state index contributed by atoms with van der Waals surface area (Å²) in [6.45, 7) is 5.66. The van der Waals surface area contributed by atoms with E-state index >= 15 is 0 Å². The number of hydrogen-bond donors (Lipinski definition) is 2. The van der Waals surface area contributed by atoms with Gasteiger partial charge in [-0.05, 0) is 38.1 Å². The van der Waals surface area contributed by atoms with Crippen LogP contribution in [0.3, 0.4) is 0 Å². The minimum Gasteiger partial charge on any atom is -0.494 e. The second kappa shape index (κ2) is 7.36. The van der Waals surface area contributed by atoms with Crippen molar-refractivity contribution in [3.05, 3.63) is 29.3 Å². The Labute approximate surface area is 109 Å². The molecule has 2 N–H and O–H groups in total. The van der Waals surface area contributed by atoms with Crippen molar-refractivity contribution < 1.29 is 14.9 Å². The van der Waals surface area contributed by atoms with Crippen LogP contribution in [-0.2, 0) is 6.54 Å². The van der Waals surface area contributed by atoms with E-state index in [0.29, 0.717) is 13.2 Å². The Hall–Kier alpha value is -1.10. The molecule has 0 aliphatic carbocycles. The molecular formula is C14H23NO3. The molecule has 0 spiro atoms. The summed E-state index contributed by atoms with van der Waals surface area (Å²) < 4.78 is 5.49. The Morgan fingerprint density at radius 2 is 2.11 bits per heavy atom. The normalized spacial score (nSPS) is 12.8. The molecule has 1 atom stereocenters. The number of likely N-dealkylation sites (N-methyl/N-ethyl adjacent to an activating group) is 1. The smallest absolute Gasteiger partial charge is 0.122 e. The molecule has 0 saturated carbocycles. The molecule has 0 amide bonds. The molecule has 18 heavy (non-hydrogen) atoms. The van der Waals surface area contributed by atoms with Gasteiger partial charge in [0.25, 0.3) is 0 Å². The predicted octanol–water partition coefficient (Wildman–Crippen LogP) is 1.18. The average molecular weight is 253 g/mol. The largest absolute Gasteiger partial charge is 0.494 e. The summed E-state index contributed by atoms with van der Waals surface area (Å²) in [6, 6.07) is 6.09. The van der Waals surface area contributed by atoms with E-state index in [9.17, 15) is 5.11 Å². The molecular weight excluding hydrogens is 230 g/mol. The lowest BCUT2D eigenvalue weighted by Gasteiger charge is -2.20. The molecule has 4 heteroatoms. The molecule has 102 valence electrons. The van der Waals surface area contributed by atoms with Crippen molar-refractivity contribution in [1.29, 1.82) is 0 Å². The molecule has 0 heterocycles. The SMILES string of the molecule is CCOc1ccc(CN(C)CC(O)CO)cc1C. The maximum atomic E-state index is 9.36. The molecule has 0 radical (unpaired) electrons. The lowest BCUT2D eigenvalue weighted by molar-refractivity contribution is 0.0648. The molecule has 1 rings (SSSR count). The summed E-state index contributed by atoms with van der Waals surface area (Å²) in [4.78, 5) is 1.98. The van der Waals surface area contributed by atoms with Crippen molar-refractivity contribution in [2.45, 2.75) is 26.5 Å². The first-order valence-electron chi connectivity index (χ1n) is 6.26. The van der Waals surface area contributed by atoms with Crippen molar-refractivity contribution in [2.75, 3.05) is 26.8 Å². The first-order valence-corrected chi connectivity index (χ1v) is 6.26. The number of benzene rings is 1. The van der Waals surface area contributed by atoms with Gasteiger partial charge in [-0.25, -0.2) is 0 Å². The molecule has 0 saturated heterocycles.